The highest BCUT2D eigenvalue weighted by Gasteiger charge is 2.22. The zero-order chi connectivity index (χ0) is 28.1. The summed E-state index contributed by atoms with van der Waals surface area (Å²) >= 11 is 19.1. The third kappa shape index (κ3) is 6.74. The number of piperazine rings is 1. The van der Waals surface area contributed by atoms with Crippen LogP contribution in [0.15, 0.2) is 82.6 Å². The Bertz CT molecular complexity index is 1540. The van der Waals surface area contributed by atoms with Crippen molar-refractivity contribution in [3.8, 4) is 11.3 Å². The van der Waals surface area contributed by atoms with Gasteiger partial charge in [-0.25, -0.2) is 0 Å². The molecule has 1 aliphatic heterocycles. The molecule has 1 aliphatic rings. The molecule has 0 saturated carbocycles. The van der Waals surface area contributed by atoms with Crippen molar-refractivity contribution in [2.24, 2.45) is 0 Å². The Kier molecular flexibility index (Phi) is 8.86. The highest BCUT2D eigenvalue weighted by Crippen LogP contribution is 2.34. The zero-order valence-electron chi connectivity index (χ0n) is 21.1. The van der Waals surface area contributed by atoms with E-state index < -0.39 is 5.91 Å². The summed E-state index contributed by atoms with van der Waals surface area (Å²) in [6.45, 7) is 2.87. The van der Waals surface area contributed by atoms with Crippen molar-refractivity contribution in [1.82, 2.24) is 10.2 Å². The van der Waals surface area contributed by atoms with Crippen LogP contribution in [0.2, 0.25) is 10.0 Å². The Morgan fingerprint density at radius 1 is 0.950 bits per heavy atom. The van der Waals surface area contributed by atoms with Crippen LogP contribution in [0.25, 0.3) is 17.4 Å². The number of hydrogen-bond donors (Lipinski definition) is 2. The van der Waals surface area contributed by atoms with E-state index >= 15 is 0 Å². The van der Waals surface area contributed by atoms with Crippen molar-refractivity contribution in [2.75, 3.05) is 36.4 Å². The summed E-state index contributed by atoms with van der Waals surface area (Å²) in [5.74, 6) is 0.716. The molecule has 7 nitrogen and oxygen atoms in total. The molecule has 2 amide bonds. The zero-order valence-corrected chi connectivity index (χ0v) is 24.2. The summed E-state index contributed by atoms with van der Waals surface area (Å²) in [6, 6.07) is 20.3. The lowest BCUT2D eigenvalue weighted by Gasteiger charge is -2.36. The molecule has 204 valence electrons. The number of nitrogens with zero attached hydrogens (tertiary/aromatic N) is 2. The molecule has 5 rings (SSSR count). The van der Waals surface area contributed by atoms with Crippen LogP contribution >= 0.6 is 46.8 Å². The second-order valence-electron chi connectivity index (χ2n) is 8.88. The van der Waals surface area contributed by atoms with Gasteiger partial charge in [-0.2, -0.15) is 0 Å². The number of benzene rings is 2. The molecule has 0 bridgehead atoms. The number of amides is 2. The van der Waals surface area contributed by atoms with Gasteiger partial charge in [-0.3, -0.25) is 14.9 Å². The molecule has 40 heavy (non-hydrogen) atoms. The largest absolute Gasteiger partial charge is 0.457 e. The number of anilines is 2. The molecule has 2 aromatic carbocycles. The Morgan fingerprint density at radius 3 is 2.45 bits per heavy atom. The van der Waals surface area contributed by atoms with Gasteiger partial charge in [0.15, 0.2) is 5.11 Å². The fraction of sp³-hybridized carbons (Fsp3) is 0.138. The summed E-state index contributed by atoms with van der Waals surface area (Å²) < 4.78 is 5.77. The monoisotopic (exact) mass is 610 g/mol. The number of furan rings is 1. The number of nitrogens with one attached hydrogen (secondary N) is 2. The van der Waals surface area contributed by atoms with Crippen LogP contribution in [-0.2, 0) is 4.79 Å². The summed E-state index contributed by atoms with van der Waals surface area (Å²) in [4.78, 5) is 29.8. The first-order chi connectivity index (χ1) is 19.4. The topological polar surface area (TPSA) is 77.8 Å². The van der Waals surface area contributed by atoms with Crippen molar-refractivity contribution in [1.29, 1.82) is 0 Å². The van der Waals surface area contributed by atoms with Crippen molar-refractivity contribution in [3.63, 3.8) is 0 Å². The van der Waals surface area contributed by atoms with E-state index in [1.54, 1.807) is 36.4 Å². The van der Waals surface area contributed by atoms with E-state index in [2.05, 4.69) is 15.5 Å². The molecule has 2 aromatic heterocycles. The smallest absolute Gasteiger partial charge is 0.264 e. The van der Waals surface area contributed by atoms with Gasteiger partial charge in [0.1, 0.15) is 11.5 Å². The fourth-order valence-corrected chi connectivity index (χ4v) is 5.54. The first kappa shape index (κ1) is 27.9. The van der Waals surface area contributed by atoms with Crippen molar-refractivity contribution >= 4 is 81.1 Å². The lowest BCUT2D eigenvalue weighted by molar-refractivity contribution is -0.115. The van der Waals surface area contributed by atoms with Gasteiger partial charge in [0, 0.05) is 49.2 Å². The average molecular weight is 612 g/mol. The van der Waals surface area contributed by atoms with Crippen molar-refractivity contribution in [2.45, 2.75) is 0 Å². The summed E-state index contributed by atoms with van der Waals surface area (Å²) in [5, 5.41) is 8.58. The molecule has 11 heteroatoms. The van der Waals surface area contributed by atoms with Gasteiger partial charge >= 0.3 is 0 Å². The molecule has 0 unspecified atom stereocenters. The molecule has 0 radical (unpaired) electrons. The molecule has 4 aromatic rings. The summed E-state index contributed by atoms with van der Waals surface area (Å²) in [5.41, 5.74) is 2.48. The lowest BCUT2D eigenvalue weighted by Crippen LogP contribution is -2.48. The van der Waals surface area contributed by atoms with Crippen LogP contribution in [0.1, 0.15) is 15.4 Å². The van der Waals surface area contributed by atoms with Crippen LogP contribution < -0.4 is 15.5 Å². The van der Waals surface area contributed by atoms with Crippen molar-refractivity contribution in [3.05, 3.63) is 98.9 Å². The lowest BCUT2D eigenvalue weighted by atomic mass is 10.2. The van der Waals surface area contributed by atoms with E-state index in [9.17, 15) is 9.59 Å². The Labute approximate surface area is 251 Å². The molecule has 1 saturated heterocycles. The summed E-state index contributed by atoms with van der Waals surface area (Å²) in [6.07, 6.45) is 2.88. The van der Waals surface area contributed by atoms with Gasteiger partial charge in [-0.1, -0.05) is 35.3 Å². The molecular formula is C29H24Cl2N4O3S2. The maximum absolute atomic E-state index is 12.6. The highest BCUT2D eigenvalue weighted by molar-refractivity contribution is 7.80. The minimum atomic E-state index is -0.400. The quantitative estimate of drug-likeness (QED) is 0.185. The number of carbonyl (C=O) groups is 2. The molecule has 0 spiro atoms. The minimum absolute atomic E-state index is 0.0935. The maximum Gasteiger partial charge on any atom is 0.264 e. The third-order valence-corrected chi connectivity index (χ3v) is 8.15. The number of hydrogen-bond acceptors (Lipinski definition) is 6. The van der Waals surface area contributed by atoms with E-state index in [0.717, 1.165) is 29.3 Å². The van der Waals surface area contributed by atoms with Crippen LogP contribution in [-0.4, -0.2) is 48.0 Å². The first-order valence-electron chi connectivity index (χ1n) is 12.4. The Morgan fingerprint density at radius 2 is 1.73 bits per heavy atom. The van der Waals surface area contributed by atoms with Crippen LogP contribution in [0.4, 0.5) is 11.4 Å². The van der Waals surface area contributed by atoms with Gasteiger partial charge in [0.05, 0.1) is 14.9 Å². The number of thiocarbonyl (C=S) groups is 1. The standard InChI is InChI=1S/C29H24Cl2N4O3S2/c30-23-4-1-3-22(27(23)31)24-12-10-21(38-24)11-13-26(36)33-29(39)32-19-6-8-20(9-7-19)34-14-16-35(17-15-34)28(37)25-5-2-18-40-25/h1-13,18H,14-17H2,(H2,32,33,36,39). The van der Waals surface area contributed by atoms with Crippen LogP contribution in [0.5, 0.6) is 0 Å². The Balaban J connectivity index is 1.09. The second kappa shape index (κ2) is 12.7. The number of carbonyl (C=O) groups excluding carboxylic acids is 2. The van der Waals surface area contributed by atoms with Gasteiger partial charge in [-0.05, 0) is 78.3 Å². The first-order valence-corrected chi connectivity index (χ1v) is 14.4. The van der Waals surface area contributed by atoms with Crippen molar-refractivity contribution < 1.29 is 14.0 Å². The number of halogens is 2. The number of rotatable bonds is 6. The van der Waals surface area contributed by atoms with E-state index in [1.165, 1.54) is 17.4 Å². The van der Waals surface area contributed by atoms with Crippen LogP contribution in [0.3, 0.4) is 0 Å². The average Bonchev–Trinajstić information content (AvgIpc) is 3.67. The van der Waals surface area contributed by atoms with E-state index in [-0.39, 0.29) is 11.0 Å². The van der Waals surface area contributed by atoms with Gasteiger partial charge in [-0.15, -0.1) is 11.3 Å². The number of thiophene rings is 1. The second-order valence-corrected chi connectivity index (χ2v) is 11.0. The van der Waals surface area contributed by atoms with E-state index in [1.807, 2.05) is 46.7 Å². The minimum Gasteiger partial charge on any atom is -0.457 e. The fourth-order valence-electron chi connectivity index (χ4n) is 4.23. The van der Waals surface area contributed by atoms with E-state index in [0.29, 0.717) is 40.2 Å². The SMILES string of the molecule is O=C(C=Cc1ccc(-c2cccc(Cl)c2Cl)o1)NC(=S)Nc1ccc(N2CCN(C(=O)c3cccs3)CC2)cc1. The molecule has 0 atom stereocenters. The summed E-state index contributed by atoms with van der Waals surface area (Å²) in [7, 11) is 0. The molecular weight excluding hydrogens is 587 g/mol. The van der Waals surface area contributed by atoms with Gasteiger partial charge in [0.2, 0.25) is 5.91 Å². The molecule has 3 heterocycles. The normalized spacial score (nSPS) is 13.4. The third-order valence-electron chi connectivity index (χ3n) is 6.27. The predicted molar refractivity (Wildman–Crippen MR) is 166 cm³/mol. The van der Waals surface area contributed by atoms with Crippen LogP contribution in [0, 0.1) is 0 Å². The molecule has 2 N–H and O–H groups in total. The highest BCUT2D eigenvalue weighted by atomic mass is 35.5. The van der Waals surface area contributed by atoms with Gasteiger partial charge in [0.25, 0.3) is 5.91 Å². The van der Waals surface area contributed by atoms with Gasteiger partial charge < -0.3 is 19.5 Å². The maximum atomic E-state index is 12.6. The molecule has 1 fully saturated rings. The predicted octanol–water partition coefficient (Wildman–Crippen LogP) is 6.80. The molecule has 0 aliphatic carbocycles. The Hall–Kier alpha value is -3.63. The van der Waals surface area contributed by atoms with E-state index in [4.69, 9.17) is 39.8 Å².